The third-order valence-electron chi connectivity index (χ3n) is 0.492. The van der Waals surface area contributed by atoms with Crippen molar-refractivity contribution >= 4 is 72.2 Å². The van der Waals surface area contributed by atoms with Gasteiger partial charge in [0.05, 0.1) is 21.6 Å². The van der Waals surface area contributed by atoms with Gasteiger partial charge in [-0.05, 0) is 0 Å². The molecule has 0 aromatic heterocycles. The van der Waals surface area contributed by atoms with E-state index in [1.165, 1.54) is 0 Å². The minimum Gasteiger partial charge on any atom is 0 e. The number of ether oxygens (including phenoxy) is 2. The molecule has 0 aromatic rings. The second-order valence-corrected chi connectivity index (χ2v) is 0.986. The zero-order valence-corrected chi connectivity index (χ0v) is 9.13. The monoisotopic (exact) mass is 244 g/mol. The van der Waals surface area contributed by atoms with Gasteiger partial charge in [0, 0.05) is 33.7 Å². The smallest absolute Gasteiger partial charge is 0 e. The molecule has 0 aliphatic rings. The van der Waals surface area contributed by atoms with Crippen LogP contribution in [0.5, 0.6) is 0 Å². The van der Waals surface area contributed by atoms with E-state index in [-0.39, 0.29) is 91.7 Å². The van der Waals surface area contributed by atoms with E-state index in [1.54, 1.807) is 14.2 Å². The van der Waals surface area contributed by atoms with Crippen molar-refractivity contribution in [3.05, 3.63) is 0 Å². The predicted octanol–water partition coefficient (Wildman–Crippen LogP) is -1.13. The van der Waals surface area contributed by atoms with Crippen LogP contribution < -0.4 is 0 Å². The van der Waals surface area contributed by atoms with Gasteiger partial charge in [-0.2, -0.15) is 0 Å². The fourth-order valence-corrected chi connectivity index (χ4v) is 0.167. The van der Waals surface area contributed by atoms with Crippen LogP contribution in [0.25, 0.3) is 0 Å². The number of rotatable bonds is 3. The van der Waals surface area contributed by atoms with Crippen molar-refractivity contribution in [2.45, 2.75) is 0 Å². The SMILES string of the molecule is B.COCCOC.Cl.[KH].[Zn]. The Kier molecular flexibility index (Phi) is 88.1. The maximum absolute atomic E-state index is 4.66. The van der Waals surface area contributed by atoms with E-state index in [1.807, 2.05) is 0 Å². The first kappa shape index (κ1) is 29.4. The summed E-state index contributed by atoms with van der Waals surface area (Å²) in [7, 11) is 3.30. The first-order chi connectivity index (χ1) is 2.91. The Hall–Kier alpha value is 2.53. The maximum atomic E-state index is 4.66. The molecule has 0 aliphatic heterocycles. The number of methoxy groups -OCH3 is 2. The van der Waals surface area contributed by atoms with E-state index in [4.69, 9.17) is 0 Å². The number of hydrogen-bond acceptors (Lipinski definition) is 2. The molecule has 0 aromatic carbocycles. The standard InChI is InChI=1S/C4H10O2.BH3.ClH.K.Zn.H/c1-5-3-4-6-2;;;;;/h3-4H2,1-2H3;1H3;1H;;;. The van der Waals surface area contributed by atoms with Crippen molar-refractivity contribution in [2.75, 3.05) is 27.4 Å². The Morgan fingerprint density at radius 2 is 1.20 bits per heavy atom. The van der Waals surface area contributed by atoms with Gasteiger partial charge in [0.1, 0.15) is 0 Å². The Morgan fingerprint density at radius 1 is 1.00 bits per heavy atom. The molecule has 0 heterocycles. The Balaban J connectivity index is -0.0000000208. The van der Waals surface area contributed by atoms with Gasteiger partial charge in [0.2, 0.25) is 0 Å². The molecule has 0 bridgehead atoms. The molecule has 0 N–H and O–H groups in total. The van der Waals surface area contributed by atoms with Gasteiger partial charge in [-0.1, -0.05) is 0 Å². The molecule has 0 saturated heterocycles. The Morgan fingerprint density at radius 3 is 1.30 bits per heavy atom. The molecular formula is C4H15BClKO2Zn. The van der Waals surface area contributed by atoms with Crippen molar-refractivity contribution in [1.29, 1.82) is 0 Å². The molecule has 0 spiro atoms. The van der Waals surface area contributed by atoms with Gasteiger partial charge in [-0.3, -0.25) is 0 Å². The van der Waals surface area contributed by atoms with E-state index >= 15 is 0 Å². The molecule has 2 nitrogen and oxygen atoms in total. The normalized spacial score (nSPS) is 5.40. The van der Waals surface area contributed by atoms with Crippen LogP contribution in [-0.2, 0) is 29.0 Å². The van der Waals surface area contributed by atoms with E-state index in [0.717, 1.165) is 0 Å². The summed E-state index contributed by atoms with van der Waals surface area (Å²) >= 11 is 0. The van der Waals surface area contributed by atoms with Crippen molar-refractivity contribution in [2.24, 2.45) is 0 Å². The summed E-state index contributed by atoms with van der Waals surface area (Å²) in [5, 5.41) is 0. The van der Waals surface area contributed by atoms with Gasteiger partial charge in [0.15, 0.2) is 0 Å². The zero-order chi connectivity index (χ0) is 4.83. The molecule has 6 heteroatoms. The maximum Gasteiger partial charge on any atom is 0 e. The van der Waals surface area contributed by atoms with Crippen molar-refractivity contribution in [3.63, 3.8) is 0 Å². The van der Waals surface area contributed by atoms with E-state index in [2.05, 4.69) is 9.47 Å². The molecule has 0 saturated carbocycles. The summed E-state index contributed by atoms with van der Waals surface area (Å²) in [6.07, 6.45) is 0. The van der Waals surface area contributed by atoms with Crippen molar-refractivity contribution in [1.82, 2.24) is 0 Å². The second kappa shape index (κ2) is 30.0. The minimum absolute atomic E-state index is 0. The minimum atomic E-state index is 0. The summed E-state index contributed by atoms with van der Waals surface area (Å²) in [5.41, 5.74) is 0. The third kappa shape index (κ3) is 31.3. The van der Waals surface area contributed by atoms with Gasteiger partial charge >= 0.3 is 51.4 Å². The molecule has 10 heavy (non-hydrogen) atoms. The van der Waals surface area contributed by atoms with Crippen LogP contribution in [0.2, 0.25) is 0 Å². The summed E-state index contributed by atoms with van der Waals surface area (Å²) < 4.78 is 9.31. The zero-order valence-electron chi connectivity index (χ0n) is 5.35. The van der Waals surface area contributed by atoms with E-state index in [0.29, 0.717) is 13.2 Å². The largest absolute Gasteiger partial charge is 0 e. The van der Waals surface area contributed by atoms with Crippen LogP contribution in [-0.4, -0.2) is 87.2 Å². The first-order valence-electron chi connectivity index (χ1n) is 1.89. The summed E-state index contributed by atoms with van der Waals surface area (Å²) in [6, 6.07) is 0. The third-order valence-corrected chi connectivity index (χ3v) is 0.492. The van der Waals surface area contributed by atoms with Crippen molar-refractivity contribution in [3.8, 4) is 0 Å². The Bertz CT molecular complexity index is 35.2. The molecular weight excluding hydrogens is 231 g/mol. The molecule has 0 atom stereocenters. The molecule has 0 radical (unpaired) electrons. The predicted molar refractivity (Wildman–Crippen MR) is 48.1 cm³/mol. The summed E-state index contributed by atoms with van der Waals surface area (Å²) in [5.74, 6) is 0. The van der Waals surface area contributed by atoms with Crippen LogP contribution in [0.3, 0.4) is 0 Å². The van der Waals surface area contributed by atoms with Crippen LogP contribution in [0.1, 0.15) is 0 Å². The van der Waals surface area contributed by atoms with Crippen LogP contribution in [0.15, 0.2) is 0 Å². The molecule has 0 rings (SSSR count). The number of halogens is 1. The molecule has 0 amide bonds. The second-order valence-electron chi connectivity index (χ2n) is 0.986. The average Bonchev–Trinajstić information content (AvgIpc) is 1.61. The first-order valence-corrected chi connectivity index (χ1v) is 1.89. The fraction of sp³-hybridized carbons (Fsp3) is 1.00. The Labute approximate surface area is 126 Å². The van der Waals surface area contributed by atoms with Crippen LogP contribution in [0, 0.1) is 0 Å². The average molecular weight is 246 g/mol. The van der Waals surface area contributed by atoms with E-state index < -0.39 is 0 Å². The molecule has 0 unspecified atom stereocenters. The molecule has 56 valence electrons. The summed E-state index contributed by atoms with van der Waals surface area (Å²) in [6.45, 7) is 1.38. The van der Waals surface area contributed by atoms with Crippen molar-refractivity contribution < 1.29 is 29.0 Å². The van der Waals surface area contributed by atoms with Gasteiger partial charge < -0.3 is 9.47 Å². The van der Waals surface area contributed by atoms with Gasteiger partial charge in [-0.25, -0.2) is 0 Å². The number of hydrogen-bond donors (Lipinski definition) is 0. The fourth-order valence-electron chi connectivity index (χ4n) is 0.167. The summed E-state index contributed by atoms with van der Waals surface area (Å²) in [4.78, 5) is 0. The van der Waals surface area contributed by atoms with Crippen LogP contribution in [0.4, 0.5) is 0 Å². The molecule has 0 fully saturated rings. The quantitative estimate of drug-likeness (QED) is 0.463. The van der Waals surface area contributed by atoms with Gasteiger partial charge in [-0.15, -0.1) is 12.4 Å². The van der Waals surface area contributed by atoms with E-state index in [9.17, 15) is 0 Å². The van der Waals surface area contributed by atoms with Crippen LogP contribution >= 0.6 is 12.4 Å². The van der Waals surface area contributed by atoms with Gasteiger partial charge in [0.25, 0.3) is 0 Å². The molecule has 0 aliphatic carbocycles. The topological polar surface area (TPSA) is 18.5 Å².